The molecule has 0 unspecified atom stereocenters. The van der Waals surface area contributed by atoms with Crippen molar-refractivity contribution in [3.05, 3.63) is 151 Å². The zero-order valence-corrected chi connectivity index (χ0v) is 25.5. The van der Waals surface area contributed by atoms with E-state index in [2.05, 4.69) is 90.1 Å². The number of aromatic nitrogens is 5. The highest BCUT2D eigenvalue weighted by atomic mass is 15.0. The average molecular weight is 592 g/mol. The van der Waals surface area contributed by atoms with Crippen LogP contribution in [0.15, 0.2) is 140 Å². The van der Waals surface area contributed by atoms with Crippen molar-refractivity contribution in [1.82, 2.24) is 24.5 Å². The molecule has 0 fully saturated rings. The van der Waals surface area contributed by atoms with Gasteiger partial charge in [0.25, 0.3) is 0 Å². The smallest absolute Gasteiger partial charge is 0.164 e. The van der Waals surface area contributed by atoms with E-state index in [1.54, 1.807) is 0 Å². The number of rotatable bonds is 4. The molecule has 5 aromatic carbocycles. The predicted molar refractivity (Wildman–Crippen MR) is 186 cm³/mol. The van der Waals surface area contributed by atoms with Crippen LogP contribution in [0.2, 0.25) is 0 Å². The van der Waals surface area contributed by atoms with E-state index in [1.807, 2.05) is 73.1 Å². The molecule has 0 bridgehead atoms. The molecule has 8 aromatic rings. The monoisotopic (exact) mass is 591 g/mol. The maximum absolute atomic E-state index is 4.99. The number of fused-ring (bicyclic) bond motifs is 5. The Morgan fingerprint density at radius 2 is 1.11 bits per heavy atom. The van der Waals surface area contributed by atoms with Crippen molar-refractivity contribution in [2.24, 2.45) is 0 Å². The van der Waals surface area contributed by atoms with Crippen molar-refractivity contribution in [1.29, 1.82) is 0 Å². The van der Waals surface area contributed by atoms with Crippen LogP contribution in [0.5, 0.6) is 0 Å². The van der Waals surface area contributed by atoms with Crippen LogP contribution in [0, 0.1) is 0 Å². The van der Waals surface area contributed by atoms with Crippen molar-refractivity contribution in [3.8, 4) is 51.0 Å². The lowest BCUT2D eigenvalue weighted by atomic mass is 9.74. The Hall–Kier alpha value is -5.94. The standard InChI is InChI=1S/C41H29N5/c1-41(2)33-18-9-10-19-36(33)46-35-20-21-42-25-32(35)31-23-30(24-34(41)37(31)46)28-16-11-17-29(22-28)40-44-38(26-12-5-3-6-13-26)43-39(45-40)27-14-7-4-8-15-27/h3-25H,1-2H3. The fourth-order valence-corrected chi connectivity index (χ4v) is 7.00. The van der Waals surface area contributed by atoms with Crippen LogP contribution in [0.1, 0.15) is 25.0 Å². The molecular formula is C41H29N5. The van der Waals surface area contributed by atoms with Gasteiger partial charge in [-0.25, -0.2) is 15.0 Å². The van der Waals surface area contributed by atoms with E-state index in [0.29, 0.717) is 17.5 Å². The summed E-state index contributed by atoms with van der Waals surface area (Å²) < 4.78 is 2.42. The fourth-order valence-electron chi connectivity index (χ4n) is 7.00. The van der Waals surface area contributed by atoms with Gasteiger partial charge in [0.1, 0.15) is 0 Å². The minimum absolute atomic E-state index is 0.191. The molecule has 0 saturated heterocycles. The molecule has 46 heavy (non-hydrogen) atoms. The minimum atomic E-state index is -0.191. The van der Waals surface area contributed by atoms with E-state index < -0.39 is 0 Å². The van der Waals surface area contributed by atoms with Crippen molar-refractivity contribution >= 4 is 21.8 Å². The Morgan fingerprint density at radius 3 is 1.83 bits per heavy atom. The summed E-state index contributed by atoms with van der Waals surface area (Å²) >= 11 is 0. The number of nitrogens with zero attached hydrogens (tertiary/aromatic N) is 5. The lowest BCUT2D eigenvalue weighted by molar-refractivity contribution is 0.630. The van der Waals surface area contributed by atoms with Crippen LogP contribution in [-0.2, 0) is 5.41 Å². The highest BCUT2D eigenvalue weighted by Gasteiger charge is 2.35. The zero-order valence-electron chi connectivity index (χ0n) is 25.5. The normalized spacial score (nSPS) is 13.2. The van der Waals surface area contributed by atoms with Gasteiger partial charge in [0.15, 0.2) is 17.5 Å². The van der Waals surface area contributed by atoms with Crippen LogP contribution in [-0.4, -0.2) is 24.5 Å². The first-order valence-electron chi connectivity index (χ1n) is 15.6. The van der Waals surface area contributed by atoms with Crippen LogP contribution in [0.25, 0.3) is 72.8 Å². The van der Waals surface area contributed by atoms with E-state index in [4.69, 9.17) is 15.0 Å². The SMILES string of the molecule is CC1(C)c2ccccc2-n2c3ccncc3c3cc(-c4cccc(-c5nc(-c6ccccc6)nc(-c6ccccc6)n5)c4)cc1c32. The van der Waals surface area contributed by atoms with Gasteiger partial charge in [0.2, 0.25) is 0 Å². The summed E-state index contributed by atoms with van der Waals surface area (Å²) in [4.78, 5) is 19.4. The van der Waals surface area contributed by atoms with Crippen LogP contribution in [0.3, 0.4) is 0 Å². The van der Waals surface area contributed by atoms with Crippen LogP contribution in [0.4, 0.5) is 0 Å². The molecule has 0 spiro atoms. The quantitative estimate of drug-likeness (QED) is 0.204. The third-order valence-corrected chi connectivity index (χ3v) is 9.31. The molecule has 0 radical (unpaired) electrons. The Morgan fingerprint density at radius 1 is 0.500 bits per heavy atom. The Balaban J connectivity index is 1.25. The van der Waals surface area contributed by atoms with Crippen LogP contribution < -0.4 is 0 Å². The average Bonchev–Trinajstić information content (AvgIpc) is 3.46. The number of pyridine rings is 1. The summed E-state index contributed by atoms with van der Waals surface area (Å²) in [5, 5.41) is 2.36. The van der Waals surface area contributed by atoms with Gasteiger partial charge in [-0.05, 0) is 52.6 Å². The Labute approximate surface area is 266 Å². The molecule has 0 saturated carbocycles. The molecular weight excluding hydrogens is 562 g/mol. The predicted octanol–water partition coefficient (Wildman–Crippen LogP) is 9.67. The summed E-state index contributed by atoms with van der Waals surface area (Å²) in [5.41, 5.74) is 11.2. The van der Waals surface area contributed by atoms with Crippen molar-refractivity contribution in [2.45, 2.75) is 19.3 Å². The number of para-hydroxylation sites is 1. The zero-order chi connectivity index (χ0) is 30.8. The van der Waals surface area contributed by atoms with Gasteiger partial charge < -0.3 is 4.57 Å². The van der Waals surface area contributed by atoms with Gasteiger partial charge in [-0.2, -0.15) is 0 Å². The first-order chi connectivity index (χ1) is 22.6. The Bertz CT molecular complexity index is 2380. The van der Waals surface area contributed by atoms with Crippen molar-refractivity contribution < 1.29 is 0 Å². The third-order valence-electron chi connectivity index (χ3n) is 9.31. The molecule has 0 aliphatic carbocycles. The largest absolute Gasteiger partial charge is 0.309 e. The first kappa shape index (κ1) is 26.5. The summed E-state index contributed by atoms with van der Waals surface area (Å²) in [6.45, 7) is 4.67. The van der Waals surface area contributed by atoms with E-state index in [9.17, 15) is 0 Å². The van der Waals surface area contributed by atoms with Gasteiger partial charge in [0, 0.05) is 45.3 Å². The molecule has 218 valence electrons. The van der Waals surface area contributed by atoms with Gasteiger partial charge in [-0.15, -0.1) is 0 Å². The van der Waals surface area contributed by atoms with Gasteiger partial charge in [0.05, 0.1) is 16.7 Å². The number of hydrogen-bond acceptors (Lipinski definition) is 4. The second kappa shape index (κ2) is 10.0. The molecule has 5 heteroatoms. The second-order valence-corrected chi connectivity index (χ2v) is 12.4. The fraction of sp³-hybridized carbons (Fsp3) is 0.0732. The van der Waals surface area contributed by atoms with Gasteiger partial charge in [-0.1, -0.05) is 111 Å². The molecule has 0 N–H and O–H groups in total. The molecule has 5 nitrogen and oxygen atoms in total. The van der Waals surface area contributed by atoms with E-state index >= 15 is 0 Å². The minimum Gasteiger partial charge on any atom is -0.309 e. The van der Waals surface area contributed by atoms with Gasteiger partial charge in [-0.3, -0.25) is 4.98 Å². The lowest BCUT2D eigenvalue weighted by Crippen LogP contribution is -2.26. The molecule has 4 heterocycles. The summed E-state index contributed by atoms with van der Waals surface area (Å²) in [7, 11) is 0. The molecule has 1 aliphatic rings. The number of benzene rings is 5. The molecule has 1 aliphatic heterocycles. The second-order valence-electron chi connectivity index (χ2n) is 12.4. The lowest BCUT2D eigenvalue weighted by Gasteiger charge is -2.35. The molecule has 3 aromatic heterocycles. The van der Waals surface area contributed by atoms with E-state index in [-0.39, 0.29) is 5.41 Å². The van der Waals surface area contributed by atoms with E-state index in [1.165, 1.54) is 33.2 Å². The third kappa shape index (κ3) is 4.02. The van der Waals surface area contributed by atoms with E-state index in [0.717, 1.165) is 33.2 Å². The molecule has 9 rings (SSSR count). The van der Waals surface area contributed by atoms with Crippen LogP contribution >= 0.6 is 0 Å². The van der Waals surface area contributed by atoms with Crippen molar-refractivity contribution in [3.63, 3.8) is 0 Å². The summed E-state index contributed by atoms with van der Waals surface area (Å²) in [6.07, 6.45) is 3.89. The highest BCUT2D eigenvalue weighted by molar-refractivity contribution is 6.12. The first-order valence-corrected chi connectivity index (χ1v) is 15.6. The topological polar surface area (TPSA) is 56.5 Å². The maximum Gasteiger partial charge on any atom is 0.164 e. The van der Waals surface area contributed by atoms with Crippen molar-refractivity contribution in [2.75, 3.05) is 0 Å². The maximum atomic E-state index is 4.99. The summed E-state index contributed by atoms with van der Waals surface area (Å²) in [6, 6.07) is 44.4. The molecule has 0 atom stereocenters. The Kier molecular flexibility index (Phi) is 5.78. The summed E-state index contributed by atoms with van der Waals surface area (Å²) in [5.74, 6) is 1.95. The highest BCUT2D eigenvalue weighted by Crippen LogP contribution is 2.48. The number of hydrogen-bond donors (Lipinski definition) is 0. The molecule has 0 amide bonds. The van der Waals surface area contributed by atoms with Gasteiger partial charge >= 0.3 is 0 Å².